The highest BCUT2D eigenvalue weighted by molar-refractivity contribution is 6.00. The lowest BCUT2D eigenvalue weighted by molar-refractivity contribution is -0.171. The lowest BCUT2D eigenvalue weighted by atomic mass is 9.80. The normalized spacial score (nSPS) is 15.5. The summed E-state index contributed by atoms with van der Waals surface area (Å²) >= 11 is 0. The molecule has 0 heterocycles. The van der Waals surface area contributed by atoms with Crippen LogP contribution in [0.3, 0.4) is 0 Å². The average molecular weight is 336 g/mol. The van der Waals surface area contributed by atoms with E-state index in [2.05, 4.69) is 11.8 Å². The van der Waals surface area contributed by atoms with E-state index in [9.17, 15) is 9.59 Å². The van der Waals surface area contributed by atoms with Crippen molar-refractivity contribution in [1.29, 1.82) is 0 Å². The predicted octanol–water partition coefficient (Wildman–Crippen LogP) is 3.03. The van der Waals surface area contributed by atoms with Crippen LogP contribution in [0.5, 0.6) is 0 Å². The lowest BCUT2D eigenvalue weighted by Crippen LogP contribution is -2.41. The van der Waals surface area contributed by atoms with Crippen LogP contribution < -0.4 is 0 Å². The summed E-state index contributed by atoms with van der Waals surface area (Å²) in [7, 11) is 0. The van der Waals surface area contributed by atoms with Crippen molar-refractivity contribution in [2.45, 2.75) is 59.0 Å². The van der Waals surface area contributed by atoms with Crippen molar-refractivity contribution in [2.75, 3.05) is 19.8 Å². The largest absolute Gasteiger partial charge is 0.465 e. The van der Waals surface area contributed by atoms with Crippen LogP contribution in [0.2, 0.25) is 0 Å². The molecule has 5 heteroatoms. The minimum absolute atomic E-state index is 0.0765. The molecule has 0 unspecified atom stereocenters. The maximum atomic E-state index is 12.5. The fourth-order valence-corrected chi connectivity index (χ4v) is 2.49. The Morgan fingerprint density at radius 3 is 2.08 bits per heavy atom. The maximum absolute atomic E-state index is 12.5. The minimum Gasteiger partial charge on any atom is -0.465 e. The molecule has 1 fully saturated rings. The first-order valence-electron chi connectivity index (χ1n) is 8.56. The zero-order chi connectivity index (χ0) is 18.1. The van der Waals surface area contributed by atoms with Gasteiger partial charge in [0.1, 0.15) is 0 Å². The molecule has 134 valence electrons. The van der Waals surface area contributed by atoms with E-state index in [1.807, 2.05) is 19.1 Å². The molecule has 1 saturated carbocycles. The summed E-state index contributed by atoms with van der Waals surface area (Å²) in [6.07, 6.45) is 5.95. The number of allylic oxidation sites excluding steroid dienone is 1. The van der Waals surface area contributed by atoms with Gasteiger partial charge in [0.25, 0.3) is 0 Å². The highest BCUT2D eigenvalue weighted by Crippen LogP contribution is 2.41. The smallest absolute Gasteiger partial charge is 0.324 e. The van der Waals surface area contributed by atoms with Gasteiger partial charge in [-0.15, -0.1) is 11.8 Å². The van der Waals surface area contributed by atoms with Crippen LogP contribution in [0.25, 0.3) is 0 Å². The van der Waals surface area contributed by atoms with Gasteiger partial charge in [-0.05, 0) is 47.0 Å². The summed E-state index contributed by atoms with van der Waals surface area (Å²) < 4.78 is 16.0. The van der Waals surface area contributed by atoms with Crippen molar-refractivity contribution in [1.82, 2.24) is 0 Å². The van der Waals surface area contributed by atoms with Crippen LogP contribution >= 0.6 is 0 Å². The van der Waals surface area contributed by atoms with Crippen molar-refractivity contribution >= 4 is 11.9 Å². The molecule has 0 aromatic heterocycles. The summed E-state index contributed by atoms with van der Waals surface area (Å²) in [6, 6.07) is 0. The number of hydrogen-bond donors (Lipinski definition) is 0. The van der Waals surface area contributed by atoms with E-state index in [-0.39, 0.29) is 31.7 Å². The third-order valence-electron chi connectivity index (χ3n) is 3.96. The van der Waals surface area contributed by atoms with E-state index in [1.54, 1.807) is 20.8 Å². The van der Waals surface area contributed by atoms with Crippen molar-refractivity contribution < 1.29 is 23.8 Å². The van der Waals surface area contributed by atoms with Gasteiger partial charge in [0.2, 0.25) is 0 Å². The average Bonchev–Trinajstić information content (AvgIpc) is 3.31. The van der Waals surface area contributed by atoms with E-state index in [4.69, 9.17) is 14.2 Å². The van der Waals surface area contributed by atoms with E-state index in [1.165, 1.54) is 0 Å². The van der Waals surface area contributed by atoms with Crippen molar-refractivity contribution in [3.8, 4) is 11.8 Å². The monoisotopic (exact) mass is 336 g/mol. The molecule has 1 rings (SSSR count). The summed E-state index contributed by atoms with van der Waals surface area (Å²) in [5.74, 6) is 4.41. The molecule has 0 bridgehead atoms. The third-order valence-corrected chi connectivity index (χ3v) is 3.96. The highest BCUT2D eigenvalue weighted by atomic mass is 16.6. The Bertz CT molecular complexity index is 502. The maximum Gasteiger partial charge on any atom is 0.324 e. The highest BCUT2D eigenvalue weighted by Gasteiger charge is 2.48. The molecule has 0 aromatic rings. The van der Waals surface area contributed by atoms with E-state index >= 15 is 0 Å². The fraction of sp³-hybridized carbons (Fsp3) is 0.684. The van der Waals surface area contributed by atoms with Gasteiger partial charge in [-0.2, -0.15) is 0 Å². The summed E-state index contributed by atoms with van der Waals surface area (Å²) in [6.45, 7) is 8.08. The predicted molar refractivity (Wildman–Crippen MR) is 91.1 cm³/mol. The summed E-state index contributed by atoms with van der Waals surface area (Å²) in [5.41, 5.74) is -1.66. The Labute approximate surface area is 144 Å². The molecule has 0 aliphatic heterocycles. The van der Waals surface area contributed by atoms with Crippen LogP contribution in [0.1, 0.15) is 53.4 Å². The Balaban J connectivity index is 3.03. The molecule has 1 aliphatic rings. The second-order valence-electron chi connectivity index (χ2n) is 5.73. The number of ether oxygens (including phenoxy) is 3. The van der Waals surface area contributed by atoms with Gasteiger partial charge in [-0.3, -0.25) is 9.59 Å². The first-order chi connectivity index (χ1) is 11.5. The molecule has 0 N–H and O–H groups in total. The van der Waals surface area contributed by atoms with Gasteiger partial charge in [0.15, 0.2) is 5.41 Å². The topological polar surface area (TPSA) is 61.8 Å². The van der Waals surface area contributed by atoms with Crippen LogP contribution in [0.15, 0.2) is 12.2 Å². The van der Waals surface area contributed by atoms with Gasteiger partial charge < -0.3 is 14.2 Å². The molecule has 0 radical (unpaired) electrons. The molecule has 0 spiro atoms. The quantitative estimate of drug-likeness (QED) is 0.266. The van der Waals surface area contributed by atoms with E-state index in [0.29, 0.717) is 6.61 Å². The van der Waals surface area contributed by atoms with E-state index in [0.717, 1.165) is 12.8 Å². The standard InChI is InChI=1S/C19H28O5/c1-5-9-12-19(16(20)22-6-2,17(21)23-7-3)13-10-11-18(14-15-18)24-8-4/h10-11H,6-8,12-15H2,1-4H3/b11-10+. The molecule has 5 nitrogen and oxygen atoms in total. The van der Waals surface area contributed by atoms with Crippen molar-refractivity contribution in [3.63, 3.8) is 0 Å². The van der Waals surface area contributed by atoms with Crippen LogP contribution in [0, 0.1) is 17.3 Å². The Morgan fingerprint density at radius 1 is 1.08 bits per heavy atom. The minimum atomic E-state index is -1.42. The molecule has 0 aromatic carbocycles. The second kappa shape index (κ2) is 9.48. The van der Waals surface area contributed by atoms with Gasteiger partial charge in [-0.25, -0.2) is 0 Å². The first kappa shape index (κ1) is 20.2. The molecule has 0 atom stereocenters. The lowest BCUT2D eigenvalue weighted by Gasteiger charge is -2.26. The van der Waals surface area contributed by atoms with Crippen LogP contribution in [0.4, 0.5) is 0 Å². The zero-order valence-corrected chi connectivity index (χ0v) is 15.1. The fourth-order valence-electron chi connectivity index (χ4n) is 2.49. The third kappa shape index (κ3) is 5.10. The van der Waals surface area contributed by atoms with Gasteiger partial charge in [-0.1, -0.05) is 12.2 Å². The molecule has 0 saturated heterocycles. The summed E-state index contributed by atoms with van der Waals surface area (Å²) in [4.78, 5) is 25.1. The van der Waals surface area contributed by atoms with Crippen molar-refractivity contribution in [3.05, 3.63) is 12.2 Å². The number of rotatable bonds is 10. The first-order valence-corrected chi connectivity index (χ1v) is 8.56. The van der Waals surface area contributed by atoms with Crippen LogP contribution in [-0.4, -0.2) is 37.4 Å². The Hall–Kier alpha value is -1.80. The number of esters is 2. The number of carbonyl (C=O) groups is 2. The Morgan fingerprint density at radius 2 is 1.67 bits per heavy atom. The Kier molecular flexibility index (Phi) is 8.00. The SMILES string of the molecule is CC#CCC(C/C=C/C1(OCC)CC1)(C(=O)OCC)C(=O)OCC. The molecule has 24 heavy (non-hydrogen) atoms. The van der Waals surface area contributed by atoms with E-state index < -0.39 is 17.4 Å². The molecule has 0 amide bonds. The van der Waals surface area contributed by atoms with Crippen molar-refractivity contribution in [2.24, 2.45) is 5.41 Å². The van der Waals surface area contributed by atoms with Crippen LogP contribution in [-0.2, 0) is 23.8 Å². The van der Waals surface area contributed by atoms with Gasteiger partial charge in [0, 0.05) is 13.0 Å². The number of carbonyl (C=O) groups excluding carboxylic acids is 2. The zero-order valence-electron chi connectivity index (χ0n) is 15.1. The number of hydrogen-bond acceptors (Lipinski definition) is 5. The summed E-state index contributed by atoms with van der Waals surface area (Å²) in [5, 5.41) is 0. The van der Waals surface area contributed by atoms with Gasteiger partial charge in [0.05, 0.1) is 18.8 Å². The van der Waals surface area contributed by atoms with Gasteiger partial charge >= 0.3 is 11.9 Å². The molecular weight excluding hydrogens is 308 g/mol. The molecule has 1 aliphatic carbocycles. The second-order valence-corrected chi connectivity index (χ2v) is 5.73. The molecular formula is C19H28O5.